The van der Waals surface area contributed by atoms with E-state index >= 15 is 0 Å². The van der Waals surface area contributed by atoms with Crippen molar-refractivity contribution < 1.29 is 14.6 Å². The van der Waals surface area contributed by atoms with Crippen LogP contribution in [-0.2, 0) is 9.53 Å². The van der Waals surface area contributed by atoms with Crippen molar-refractivity contribution >= 4 is 5.97 Å². The molecule has 68 valence electrons. The van der Waals surface area contributed by atoms with Gasteiger partial charge >= 0.3 is 5.97 Å². The minimum Gasteiger partial charge on any atom is -0.481 e. The summed E-state index contributed by atoms with van der Waals surface area (Å²) in [5, 5.41) is 8.49. The number of rotatable bonds is 3. The smallest absolute Gasteiger partial charge is 0.304 e. The highest BCUT2D eigenvalue weighted by Crippen LogP contribution is 2.30. The molecule has 0 amide bonds. The number of fused-ring (bicyclic) bond motifs is 2. The maximum absolute atomic E-state index is 10.3. The molecular formula is C8H13NO3. The topological polar surface area (TPSA) is 49.8 Å². The molecular weight excluding hydrogens is 158 g/mol. The molecule has 0 aliphatic carbocycles. The number of carboxylic acids is 1. The molecule has 3 rings (SSSR count). The maximum Gasteiger partial charge on any atom is 0.304 e. The van der Waals surface area contributed by atoms with Crippen molar-refractivity contribution in [1.29, 1.82) is 0 Å². The van der Waals surface area contributed by atoms with Crippen molar-refractivity contribution in [3.8, 4) is 0 Å². The quantitative estimate of drug-likeness (QED) is 0.646. The number of aliphatic carboxylic acids is 1. The Bertz CT molecular complexity index is 181. The molecule has 4 heteroatoms. The number of carboxylic acid groups (broad SMARTS) is 1. The molecule has 1 N–H and O–H groups in total. The summed E-state index contributed by atoms with van der Waals surface area (Å²) in [7, 11) is 0. The van der Waals surface area contributed by atoms with Gasteiger partial charge in [-0.25, -0.2) is 0 Å². The minimum atomic E-state index is -0.708. The number of hydrogen-bond donors (Lipinski definition) is 1. The maximum atomic E-state index is 10.3. The monoisotopic (exact) mass is 171 g/mol. The molecule has 3 aliphatic heterocycles. The molecule has 3 saturated heterocycles. The first kappa shape index (κ1) is 8.01. The van der Waals surface area contributed by atoms with Crippen LogP contribution in [0.2, 0.25) is 0 Å². The number of hydrogen-bond acceptors (Lipinski definition) is 3. The molecule has 0 spiro atoms. The lowest BCUT2D eigenvalue weighted by molar-refractivity contribution is -0.145. The molecule has 0 saturated carbocycles. The molecule has 0 unspecified atom stereocenters. The molecule has 2 bridgehead atoms. The predicted molar refractivity (Wildman–Crippen MR) is 42.0 cm³/mol. The average Bonchev–Trinajstić information content (AvgIpc) is 2.05. The number of carbonyl (C=O) groups is 1. The third-order valence-corrected chi connectivity index (χ3v) is 2.69. The molecule has 4 nitrogen and oxygen atoms in total. The van der Waals surface area contributed by atoms with Gasteiger partial charge in [-0.15, -0.1) is 0 Å². The molecule has 12 heavy (non-hydrogen) atoms. The Labute approximate surface area is 71.1 Å². The van der Waals surface area contributed by atoms with Crippen LogP contribution in [0.3, 0.4) is 0 Å². The van der Waals surface area contributed by atoms with Gasteiger partial charge in [0.1, 0.15) is 0 Å². The summed E-state index contributed by atoms with van der Waals surface area (Å²) in [6.07, 6.45) is 1.45. The number of nitrogens with zero attached hydrogens (tertiary/aromatic N) is 1. The minimum absolute atomic E-state index is 0.257. The van der Waals surface area contributed by atoms with Gasteiger partial charge in [0.15, 0.2) is 0 Å². The average molecular weight is 171 g/mol. The van der Waals surface area contributed by atoms with Gasteiger partial charge in [-0.05, 0) is 6.42 Å². The van der Waals surface area contributed by atoms with E-state index in [1.807, 2.05) is 0 Å². The van der Waals surface area contributed by atoms with Gasteiger partial charge in [0.25, 0.3) is 0 Å². The standard InChI is InChI=1S/C8H13NO3/c10-8(11)1-2-9-6-3-7(9)5-12-4-6/h6-7H,1-5H2,(H,10,11)/t6-,7-/m1/s1. The highest BCUT2D eigenvalue weighted by Gasteiger charge is 2.41. The first-order valence-corrected chi connectivity index (χ1v) is 4.32. The van der Waals surface area contributed by atoms with Crippen molar-refractivity contribution in [2.75, 3.05) is 19.8 Å². The fourth-order valence-corrected chi connectivity index (χ4v) is 2.00. The van der Waals surface area contributed by atoms with Crippen molar-refractivity contribution in [3.63, 3.8) is 0 Å². The third kappa shape index (κ3) is 1.32. The molecule has 3 aliphatic rings. The van der Waals surface area contributed by atoms with Gasteiger partial charge in [-0.3, -0.25) is 9.69 Å². The Hall–Kier alpha value is -0.610. The van der Waals surface area contributed by atoms with Crippen molar-refractivity contribution in [2.24, 2.45) is 0 Å². The third-order valence-electron chi connectivity index (χ3n) is 2.69. The summed E-state index contributed by atoms with van der Waals surface area (Å²) in [5.74, 6) is -0.708. The summed E-state index contributed by atoms with van der Waals surface area (Å²) in [4.78, 5) is 12.6. The van der Waals surface area contributed by atoms with Crippen LogP contribution >= 0.6 is 0 Å². The van der Waals surface area contributed by atoms with E-state index in [9.17, 15) is 4.79 Å². The Morgan fingerprint density at radius 2 is 2.17 bits per heavy atom. The van der Waals surface area contributed by atoms with Crippen molar-refractivity contribution in [2.45, 2.75) is 24.9 Å². The fourth-order valence-electron chi connectivity index (χ4n) is 2.00. The molecule has 3 heterocycles. The van der Waals surface area contributed by atoms with E-state index in [1.54, 1.807) is 0 Å². The second kappa shape index (κ2) is 3.03. The fraction of sp³-hybridized carbons (Fsp3) is 0.875. The van der Waals surface area contributed by atoms with Crippen LogP contribution in [0, 0.1) is 0 Å². The van der Waals surface area contributed by atoms with E-state index in [1.165, 1.54) is 6.42 Å². The van der Waals surface area contributed by atoms with E-state index in [-0.39, 0.29) is 6.42 Å². The largest absolute Gasteiger partial charge is 0.481 e. The van der Waals surface area contributed by atoms with E-state index in [2.05, 4.69) is 4.90 Å². The molecule has 0 aromatic rings. The first-order valence-electron chi connectivity index (χ1n) is 4.32. The first-order chi connectivity index (χ1) is 5.77. The highest BCUT2D eigenvalue weighted by atomic mass is 16.5. The zero-order valence-corrected chi connectivity index (χ0v) is 6.90. The number of ether oxygens (including phenoxy) is 1. The molecule has 0 aromatic carbocycles. The van der Waals surface area contributed by atoms with Crippen LogP contribution in [0.1, 0.15) is 12.8 Å². The second-order valence-corrected chi connectivity index (χ2v) is 3.46. The summed E-state index contributed by atoms with van der Waals surface area (Å²) in [5.41, 5.74) is 0. The van der Waals surface area contributed by atoms with E-state index in [0.29, 0.717) is 18.6 Å². The predicted octanol–water partition coefficient (Wildman–Crippen LogP) is -0.0658. The van der Waals surface area contributed by atoms with Gasteiger partial charge in [0, 0.05) is 18.6 Å². The van der Waals surface area contributed by atoms with Crippen LogP contribution in [0.5, 0.6) is 0 Å². The van der Waals surface area contributed by atoms with Crippen LogP contribution in [-0.4, -0.2) is 47.8 Å². The van der Waals surface area contributed by atoms with Crippen molar-refractivity contribution in [3.05, 3.63) is 0 Å². The summed E-state index contributed by atoms with van der Waals surface area (Å²) >= 11 is 0. The van der Waals surface area contributed by atoms with Crippen LogP contribution < -0.4 is 0 Å². The zero-order valence-electron chi connectivity index (χ0n) is 6.90. The normalized spacial score (nSPS) is 34.3. The second-order valence-electron chi connectivity index (χ2n) is 3.46. The van der Waals surface area contributed by atoms with Crippen LogP contribution in [0.25, 0.3) is 0 Å². The highest BCUT2D eigenvalue weighted by molar-refractivity contribution is 5.66. The Morgan fingerprint density at radius 1 is 1.50 bits per heavy atom. The Kier molecular flexibility index (Phi) is 2.02. The molecule has 0 radical (unpaired) electrons. The lowest BCUT2D eigenvalue weighted by Crippen LogP contribution is -2.63. The summed E-state index contributed by atoms with van der Waals surface area (Å²) in [6.45, 7) is 2.26. The lowest BCUT2D eigenvalue weighted by atomic mass is 9.91. The lowest BCUT2D eigenvalue weighted by Gasteiger charge is -2.52. The van der Waals surface area contributed by atoms with Gasteiger partial charge in [-0.2, -0.15) is 0 Å². The van der Waals surface area contributed by atoms with E-state index < -0.39 is 5.97 Å². The van der Waals surface area contributed by atoms with Crippen LogP contribution in [0.15, 0.2) is 0 Å². The van der Waals surface area contributed by atoms with Crippen LogP contribution in [0.4, 0.5) is 0 Å². The summed E-state index contributed by atoms with van der Waals surface area (Å²) in [6, 6.07) is 1.01. The van der Waals surface area contributed by atoms with E-state index in [4.69, 9.17) is 9.84 Å². The Morgan fingerprint density at radius 3 is 2.67 bits per heavy atom. The zero-order chi connectivity index (χ0) is 8.55. The van der Waals surface area contributed by atoms with Gasteiger partial charge < -0.3 is 9.84 Å². The molecule has 2 atom stereocenters. The van der Waals surface area contributed by atoms with Gasteiger partial charge in [0.05, 0.1) is 19.6 Å². The van der Waals surface area contributed by atoms with Gasteiger partial charge in [0.2, 0.25) is 0 Å². The van der Waals surface area contributed by atoms with Gasteiger partial charge in [-0.1, -0.05) is 0 Å². The molecule has 0 aromatic heterocycles. The molecule has 3 fully saturated rings. The summed E-state index contributed by atoms with van der Waals surface area (Å²) < 4.78 is 5.28. The van der Waals surface area contributed by atoms with Crippen molar-refractivity contribution in [1.82, 2.24) is 4.90 Å². The number of morpholine rings is 1. The SMILES string of the molecule is O=C(O)CCN1[C@H]2COC[C@H]1C2. The Balaban J connectivity index is 1.78. The van der Waals surface area contributed by atoms with E-state index in [0.717, 1.165) is 13.2 Å².